The van der Waals surface area contributed by atoms with Gasteiger partial charge in [-0.2, -0.15) is 0 Å². The molecule has 0 saturated heterocycles. The normalized spacial score (nSPS) is 12.1. The van der Waals surface area contributed by atoms with Crippen LogP contribution in [0.4, 0.5) is 5.69 Å². The molecule has 2 N–H and O–H groups in total. The number of halogens is 1. The van der Waals surface area contributed by atoms with E-state index in [1.54, 1.807) is 12.1 Å². The molecule has 82 valence electrons. The zero-order valence-corrected chi connectivity index (χ0v) is 8.70. The van der Waals surface area contributed by atoms with Gasteiger partial charge in [0.1, 0.15) is 0 Å². The van der Waals surface area contributed by atoms with Gasteiger partial charge in [0.05, 0.1) is 18.0 Å². The molecule has 1 atom stereocenters. The van der Waals surface area contributed by atoms with Crippen LogP contribution in [0.3, 0.4) is 0 Å². The zero-order chi connectivity index (χ0) is 11.3. The molecule has 0 aliphatic rings. The summed E-state index contributed by atoms with van der Waals surface area (Å²) in [5.41, 5.74) is 0.850. The van der Waals surface area contributed by atoms with Gasteiger partial charge < -0.3 is 20.3 Å². The first-order valence-electron chi connectivity index (χ1n) is 4.43. The van der Waals surface area contributed by atoms with Gasteiger partial charge in [-0.15, -0.1) is 11.6 Å². The fourth-order valence-corrected chi connectivity index (χ4v) is 1.12. The van der Waals surface area contributed by atoms with Crippen molar-refractivity contribution in [3.8, 4) is 0 Å². The highest BCUT2D eigenvalue weighted by Crippen LogP contribution is 2.08. The van der Waals surface area contributed by atoms with Gasteiger partial charge in [-0.25, -0.2) is 0 Å². The number of rotatable bonds is 5. The second kappa shape index (κ2) is 5.58. The summed E-state index contributed by atoms with van der Waals surface area (Å²) in [6.07, 6.45) is -0.618. The number of benzene rings is 1. The Morgan fingerprint density at radius 2 is 2.07 bits per heavy atom. The predicted molar refractivity (Wildman–Crippen MR) is 56.0 cm³/mol. The molecule has 0 bridgehead atoms. The van der Waals surface area contributed by atoms with Crippen molar-refractivity contribution >= 4 is 23.3 Å². The highest BCUT2D eigenvalue weighted by Gasteiger charge is 2.01. The number of carboxylic acids is 1. The van der Waals surface area contributed by atoms with Crippen LogP contribution < -0.4 is 10.4 Å². The summed E-state index contributed by atoms with van der Waals surface area (Å²) in [7, 11) is 0. The molecule has 1 aromatic carbocycles. The molecule has 0 aliphatic carbocycles. The van der Waals surface area contributed by atoms with E-state index in [1.165, 1.54) is 12.1 Å². The fraction of sp³-hybridized carbons (Fsp3) is 0.300. The summed E-state index contributed by atoms with van der Waals surface area (Å²) in [5, 5.41) is 22.5. The molecular formula is C10H11ClNO3-. The van der Waals surface area contributed by atoms with Crippen LogP contribution in [0.1, 0.15) is 10.4 Å². The van der Waals surface area contributed by atoms with E-state index in [9.17, 15) is 9.90 Å². The lowest BCUT2D eigenvalue weighted by atomic mass is 10.2. The average Bonchev–Trinajstić information content (AvgIpc) is 2.26. The van der Waals surface area contributed by atoms with E-state index in [-0.39, 0.29) is 11.4 Å². The number of hydrogen-bond donors (Lipinski definition) is 2. The number of aliphatic hydroxyl groups excluding tert-OH is 1. The summed E-state index contributed by atoms with van der Waals surface area (Å²) in [4.78, 5) is 10.4. The molecule has 0 aromatic heterocycles. The monoisotopic (exact) mass is 228 g/mol. The number of aliphatic hydroxyl groups is 1. The third kappa shape index (κ3) is 3.77. The molecule has 5 heteroatoms. The first-order valence-corrected chi connectivity index (χ1v) is 4.96. The van der Waals surface area contributed by atoms with Gasteiger partial charge in [-0.3, -0.25) is 0 Å². The molecule has 4 nitrogen and oxygen atoms in total. The maximum Gasteiger partial charge on any atom is 0.0847 e. The lowest BCUT2D eigenvalue weighted by Gasteiger charge is -2.10. The van der Waals surface area contributed by atoms with E-state index >= 15 is 0 Å². The molecule has 0 spiro atoms. The van der Waals surface area contributed by atoms with Crippen molar-refractivity contribution in [3.63, 3.8) is 0 Å². The third-order valence-corrected chi connectivity index (χ3v) is 2.20. The van der Waals surface area contributed by atoms with Crippen LogP contribution in [-0.2, 0) is 0 Å². The molecule has 1 aromatic rings. The van der Waals surface area contributed by atoms with Crippen LogP contribution in [-0.4, -0.2) is 29.6 Å². The van der Waals surface area contributed by atoms with Crippen molar-refractivity contribution in [1.29, 1.82) is 0 Å². The quantitative estimate of drug-likeness (QED) is 0.700. The van der Waals surface area contributed by atoms with Gasteiger partial charge in [0.2, 0.25) is 0 Å². The standard InChI is InChI=1S/C10H12ClNO3/c11-5-9(13)6-12-8-3-1-7(2-4-8)10(14)15/h1-4,9,12-13H,5-6H2,(H,14,15)/p-1/t9-/m0/s1. The molecule has 1 rings (SSSR count). The third-order valence-electron chi connectivity index (χ3n) is 1.84. The topological polar surface area (TPSA) is 72.4 Å². The van der Waals surface area contributed by atoms with E-state index in [4.69, 9.17) is 16.7 Å². The molecule has 15 heavy (non-hydrogen) atoms. The first kappa shape index (κ1) is 11.8. The van der Waals surface area contributed by atoms with E-state index < -0.39 is 12.1 Å². The number of hydrogen-bond acceptors (Lipinski definition) is 4. The molecule has 0 aliphatic heterocycles. The van der Waals surface area contributed by atoms with E-state index in [2.05, 4.69) is 5.32 Å². The van der Waals surface area contributed by atoms with Gasteiger partial charge in [-0.1, -0.05) is 12.1 Å². The number of alkyl halides is 1. The van der Waals surface area contributed by atoms with Crippen LogP contribution in [0.15, 0.2) is 24.3 Å². The second-order valence-corrected chi connectivity index (χ2v) is 3.36. The lowest BCUT2D eigenvalue weighted by Crippen LogP contribution is -2.22. The van der Waals surface area contributed by atoms with E-state index in [0.29, 0.717) is 6.54 Å². The van der Waals surface area contributed by atoms with Crippen molar-refractivity contribution in [2.24, 2.45) is 0 Å². The van der Waals surface area contributed by atoms with Crippen LogP contribution >= 0.6 is 11.6 Å². The largest absolute Gasteiger partial charge is 0.545 e. The molecule has 0 saturated carbocycles. The zero-order valence-electron chi connectivity index (χ0n) is 7.94. The van der Waals surface area contributed by atoms with Gasteiger partial charge in [-0.05, 0) is 17.7 Å². The summed E-state index contributed by atoms with van der Waals surface area (Å²) in [6.45, 7) is 0.328. The van der Waals surface area contributed by atoms with E-state index in [0.717, 1.165) is 5.69 Å². The Bertz CT molecular complexity index is 326. The summed E-state index contributed by atoms with van der Waals surface area (Å²) < 4.78 is 0. The fourth-order valence-electron chi connectivity index (χ4n) is 1.01. The Morgan fingerprint density at radius 3 is 2.53 bits per heavy atom. The maximum absolute atomic E-state index is 10.4. The Balaban J connectivity index is 2.53. The van der Waals surface area contributed by atoms with Gasteiger partial charge >= 0.3 is 0 Å². The number of carbonyl (C=O) groups is 1. The van der Waals surface area contributed by atoms with Gasteiger partial charge in [0.25, 0.3) is 0 Å². The van der Waals surface area contributed by atoms with Crippen molar-refractivity contribution in [2.75, 3.05) is 17.7 Å². The molecule has 0 fully saturated rings. The highest BCUT2D eigenvalue weighted by molar-refractivity contribution is 6.18. The molecule has 0 heterocycles. The van der Waals surface area contributed by atoms with Crippen molar-refractivity contribution in [1.82, 2.24) is 0 Å². The first-order chi connectivity index (χ1) is 7.13. The van der Waals surface area contributed by atoms with Crippen LogP contribution in [0.5, 0.6) is 0 Å². The number of carbonyl (C=O) groups excluding carboxylic acids is 1. The van der Waals surface area contributed by atoms with Gasteiger partial charge in [0.15, 0.2) is 0 Å². The minimum Gasteiger partial charge on any atom is -0.545 e. The van der Waals surface area contributed by atoms with Crippen molar-refractivity contribution < 1.29 is 15.0 Å². The molecule has 0 radical (unpaired) electrons. The molecule has 0 amide bonds. The van der Waals surface area contributed by atoms with Crippen molar-refractivity contribution in [3.05, 3.63) is 29.8 Å². The predicted octanol–water partition coefficient (Wildman–Crippen LogP) is 0.0617. The van der Waals surface area contributed by atoms with Crippen molar-refractivity contribution in [2.45, 2.75) is 6.10 Å². The Hall–Kier alpha value is -1.26. The van der Waals surface area contributed by atoms with Gasteiger partial charge in [0, 0.05) is 12.2 Å². The van der Waals surface area contributed by atoms with Crippen LogP contribution in [0.25, 0.3) is 0 Å². The molecule has 0 unspecified atom stereocenters. The SMILES string of the molecule is O=C([O-])c1ccc(NC[C@@H](O)CCl)cc1. The Kier molecular flexibility index (Phi) is 4.39. The minimum absolute atomic E-state index is 0.124. The Labute approximate surface area is 92.5 Å². The van der Waals surface area contributed by atoms with Crippen LogP contribution in [0, 0.1) is 0 Å². The summed E-state index contributed by atoms with van der Waals surface area (Å²) >= 11 is 5.41. The minimum atomic E-state index is -1.21. The summed E-state index contributed by atoms with van der Waals surface area (Å²) in [6, 6.07) is 6.08. The smallest absolute Gasteiger partial charge is 0.0847 e. The second-order valence-electron chi connectivity index (χ2n) is 3.05. The molecular weight excluding hydrogens is 218 g/mol. The number of nitrogens with one attached hydrogen (secondary N) is 1. The maximum atomic E-state index is 10.4. The average molecular weight is 229 g/mol. The highest BCUT2D eigenvalue weighted by atomic mass is 35.5. The number of anilines is 1. The van der Waals surface area contributed by atoms with E-state index in [1.807, 2.05) is 0 Å². The number of aromatic carboxylic acids is 1. The summed E-state index contributed by atoms with van der Waals surface area (Å²) in [5.74, 6) is -1.05. The number of carboxylic acid groups (broad SMARTS) is 1. The lowest BCUT2D eigenvalue weighted by molar-refractivity contribution is -0.255. The van der Waals surface area contributed by atoms with Crippen LogP contribution in [0.2, 0.25) is 0 Å². The Morgan fingerprint density at radius 1 is 1.47 bits per heavy atom.